The Morgan fingerprint density at radius 3 is 2.17 bits per heavy atom. The van der Waals surface area contributed by atoms with E-state index in [0.717, 1.165) is 23.6 Å². The number of rotatable bonds is 4. The zero-order chi connectivity index (χ0) is 21.0. The van der Waals surface area contributed by atoms with Gasteiger partial charge in [-0.3, -0.25) is 4.79 Å². The van der Waals surface area contributed by atoms with E-state index >= 15 is 0 Å². The predicted octanol–water partition coefficient (Wildman–Crippen LogP) is 4.47. The molecule has 2 aromatic carbocycles. The fraction of sp³-hybridized carbons (Fsp3) is 0.542. The van der Waals surface area contributed by atoms with Gasteiger partial charge < -0.3 is 5.32 Å². The van der Waals surface area contributed by atoms with Gasteiger partial charge in [0.2, 0.25) is 15.9 Å². The second-order valence-electron chi connectivity index (χ2n) is 8.74. The van der Waals surface area contributed by atoms with Crippen LogP contribution in [0.3, 0.4) is 0 Å². The van der Waals surface area contributed by atoms with E-state index in [9.17, 15) is 13.2 Å². The van der Waals surface area contributed by atoms with Gasteiger partial charge in [-0.1, -0.05) is 62.4 Å². The van der Waals surface area contributed by atoms with Crippen LogP contribution in [0.1, 0.15) is 57.8 Å². The molecule has 1 amide bonds. The monoisotopic (exact) mass is 428 g/mol. The Labute approximate surface area is 179 Å². The number of carbonyl (C=O) groups is 1. The summed E-state index contributed by atoms with van der Waals surface area (Å²) in [4.78, 5) is 13.1. The number of sulfonamides is 1. The summed E-state index contributed by atoms with van der Waals surface area (Å²) in [6.07, 6.45) is 9.53. The van der Waals surface area contributed by atoms with Crippen molar-refractivity contribution in [2.24, 2.45) is 5.92 Å². The minimum atomic E-state index is -3.54. The Hall–Kier alpha value is -1.92. The van der Waals surface area contributed by atoms with Crippen LogP contribution >= 0.6 is 0 Å². The number of fused-ring (bicyclic) bond motifs is 1. The summed E-state index contributed by atoms with van der Waals surface area (Å²) >= 11 is 0. The van der Waals surface area contributed by atoms with Gasteiger partial charge in [-0.25, -0.2) is 8.42 Å². The first-order chi connectivity index (χ1) is 14.5. The molecule has 1 saturated carbocycles. The summed E-state index contributed by atoms with van der Waals surface area (Å²) in [5.41, 5.74) is 0. The van der Waals surface area contributed by atoms with Gasteiger partial charge >= 0.3 is 0 Å². The summed E-state index contributed by atoms with van der Waals surface area (Å²) in [6.45, 7) is 0.801. The number of hydrogen-bond donors (Lipinski definition) is 1. The van der Waals surface area contributed by atoms with E-state index in [-0.39, 0.29) is 17.9 Å². The summed E-state index contributed by atoms with van der Waals surface area (Å²) < 4.78 is 27.8. The molecule has 0 radical (unpaired) electrons. The maximum atomic E-state index is 13.1. The first-order valence-corrected chi connectivity index (χ1v) is 12.8. The molecule has 0 bridgehead atoms. The Morgan fingerprint density at radius 2 is 1.47 bits per heavy atom. The van der Waals surface area contributed by atoms with E-state index in [1.165, 1.54) is 36.4 Å². The predicted molar refractivity (Wildman–Crippen MR) is 120 cm³/mol. The van der Waals surface area contributed by atoms with E-state index in [1.807, 2.05) is 30.3 Å². The van der Waals surface area contributed by atoms with Gasteiger partial charge in [-0.2, -0.15) is 4.31 Å². The molecule has 5 nitrogen and oxygen atoms in total. The largest absolute Gasteiger partial charge is 0.353 e. The van der Waals surface area contributed by atoms with Crippen LogP contribution in [0.2, 0.25) is 0 Å². The van der Waals surface area contributed by atoms with E-state index in [4.69, 9.17) is 0 Å². The molecule has 1 N–H and O–H groups in total. The fourth-order valence-corrected chi connectivity index (χ4v) is 6.26. The van der Waals surface area contributed by atoms with Crippen LogP contribution in [0.4, 0.5) is 0 Å². The third-order valence-corrected chi connectivity index (χ3v) is 8.53. The van der Waals surface area contributed by atoms with Gasteiger partial charge in [-0.15, -0.1) is 0 Å². The van der Waals surface area contributed by atoms with Crippen LogP contribution in [-0.2, 0) is 14.8 Å². The van der Waals surface area contributed by atoms with Crippen molar-refractivity contribution in [3.8, 4) is 0 Å². The SMILES string of the molecule is O=C(NC1CCCCCCC1)C1CCN(S(=O)(=O)c2ccc3ccccc3c2)CC1. The van der Waals surface area contributed by atoms with Crippen LogP contribution < -0.4 is 5.32 Å². The van der Waals surface area contributed by atoms with Crippen LogP contribution in [-0.4, -0.2) is 37.8 Å². The van der Waals surface area contributed by atoms with Gasteiger partial charge in [0.15, 0.2) is 0 Å². The lowest BCUT2D eigenvalue weighted by Crippen LogP contribution is -2.45. The number of nitrogens with one attached hydrogen (secondary N) is 1. The van der Waals surface area contributed by atoms with E-state index in [2.05, 4.69) is 5.32 Å². The molecule has 162 valence electrons. The first-order valence-electron chi connectivity index (χ1n) is 11.3. The normalized spacial score (nSPS) is 20.5. The fourth-order valence-electron chi connectivity index (χ4n) is 4.75. The molecule has 0 atom stereocenters. The number of piperidine rings is 1. The summed E-state index contributed by atoms with van der Waals surface area (Å²) in [5.74, 6) is 0.0295. The smallest absolute Gasteiger partial charge is 0.243 e. The Morgan fingerprint density at radius 1 is 0.833 bits per heavy atom. The molecule has 1 heterocycles. The second kappa shape index (κ2) is 9.48. The maximum absolute atomic E-state index is 13.1. The summed E-state index contributed by atoms with van der Waals surface area (Å²) in [6, 6.07) is 13.4. The lowest BCUT2D eigenvalue weighted by Gasteiger charge is -2.32. The third-order valence-electron chi connectivity index (χ3n) is 6.63. The van der Waals surface area contributed by atoms with E-state index in [1.54, 1.807) is 12.1 Å². The second-order valence-corrected chi connectivity index (χ2v) is 10.7. The molecule has 0 spiro atoms. The highest BCUT2D eigenvalue weighted by Crippen LogP contribution is 2.27. The van der Waals surface area contributed by atoms with E-state index < -0.39 is 10.0 Å². The number of amides is 1. The number of carbonyl (C=O) groups excluding carboxylic acids is 1. The molecule has 0 aromatic heterocycles. The van der Waals surface area contributed by atoms with Crippen molar-refractivity contribution in [2.45, 2.75) is 68.7 Å². The molecule has 2 aliphatic rings. The topological polar surface area (TPSA) is 66.5 Å². The minimum Gasteiger partial charge on any atom is -0.353 e. The average molecular weight is 429 g/mol. The molecule has 4 rings (SSSR count). The van der Waals surface area contributed by atoms with E-state index in [0.29, 0.717) is 30.8 Å². The molecule has 2 fully saturated rings. The minimum absolute atomic E-state index is 0.0847. The molecule has 1 aliphatic carbocycles. The number of hydrogen-bond acceptors (Lipinski definition) is 3. The zero-order valence-corrected chi connectivity index (χ0v) is 18.4. The average Bonchev–Trinajstić information content (AvgIpc) is 2.75. The standard InChI is InChI=1S/C24H32N2O3S/c27-24(25-22-10-4-2-1-3-5-11-22)20-14-16-26(17-15-20)30(28,29)23-13-12-19-8-6-7-9-21(19)18-23/h6-9,12-13,18,20,22H,1-5,10-11,14-17H2,(H,25,27). The molecule has 2 aromatic rings. The van der Waals surface area contributed by atoms with Crippen molar-refractivity contribution in [3.63, 3.8) is 0 Å². The van der Waals surface area contributed by atoms with Gasteiger partial charge in [-0.05, 0) is 48.6 Å². The van der Waals surface area contributed by atoms with Crippen molar-refractivity contribution >= 4 is 26.7 Å². The quantitative estimate of drug-likeness (QED) is 0.781. The maximum Gasteiger partial charge on any atom is 0.243 e. The van der Waals surface area contributed by atoms with Gasteiger partial charge in [0.1, 0.15) is 0 Å². The molecule has 1 aliphatic heterocycles. The third kappa shape index (κ3) is 4.86. The Kier molecular flexibility index (Phi) is 6.74. The van der Waals surface area contributed by atoms with Crippen molar-refractivity contribution in [1.82, 2.24) is 9.62 Å². The zero-order valence-electron chi connectivity index (χ0n) is 17.6. The first kappa shape index (κ1) is 21.3. The molecular weight excluding hydrogens is 396 g/mol. The molecule has 30 heavy (non-hydrogen) atoms. The van der Waals surface area contributed by atoms with Gasteiger partial charge in [0.05, 0.1) is 4.90 Å². The highest BCUT2D eigenvalue weighted by molar-refractivity contribution is 7.89. The van der Waals surface area contributed by atoms with Gasteiger partial charge in [0, 0.05) is 25.0 Å². The molecular formula is C24H32N2O3S. The van der Waals surface area contributed by atoms with Crippen molar-refractivity contribution in [3.05, 3.63) is 42.5 Å². The number of nitrogens with zero attached hydrogens (tertiary/aromatic N) is 1. The van der Waals surface area contributed by atoms with Crippen LogP contribution in [0, 0.1) is 5.92 Å². The van der Waals surface area contributed by atoms with Crippen molar-refractivity contribution < 1.29 is 13.2 Å². The van der Waals surface area contributed by atoms with Crippen LogP contribution in [0.25, 0.3) is 10.8 Å². The molecule has 6 heteroatoms. The lowest BCUT2D eigenvalue weighted by molar-refractivity contribution is -0.127. The van der Waals surface area contributed by atoms with Crippen molar-refractivity contribution in [1.29, 1.82) is 0 Å². The Balaban J connectivity index is 1.36. The van der Waals surface area contributed by atoms with Crippen molar-refractivity contribution in [2.75, 3.05) is 13.1 Å². The lowest BCUT2D eigenvalue weighted by atomic mass is 9.94. The Bertz CT molecular complexity index is 973. The summed E-state index contributed by atoms with van der Waals surface area (Å²) in [5, 5.41) is 5.21. The van der Waals surface area contributed by atoms with Crippen LogP contribution in [0.5, 0.6) is 0 Å². The van der Waals surface area contributed by atoms with Crippen LogP contribution in [0.15, 0.2) is 47.4 Å². The highest BCUT2D eigenvalue weighted by atomic mass is 32.2. The number of benzene rings is 2. The molecule has 0 unspecified atom stereocenters. The summed E-state index contributed by atoms with van der Waals surface area (Å²) in [7, 11) is -3.54. The highest BCUT2D eigenvalue weighted by Gasteiger charge is 2.32. The molecule has 1 saturated heterocycles. The van der Waals surface area contributed by atoms with Gasteiger partial charge in [0.25, 0.3) is 0 Å².